The smallest absolute Gasteiger partial charge is 0.248 e. The summed E-state index contributed by atoms with van der Waals surface area (Å²) in [6, 6.07) is 11.2. The zero-order chi connectivity index (χ0) is 20.8. The summed E-state index contributed by atoms with van der Waals surface area (Å²) in [4.78, 5) is 8.34. The molecule has 7 nitrogen and oxygen atoms in total. The molecule has 2 aromatic carbocycles. The SMILES string of the molecule is COc1ccc(CCNc2ncnc(Oc3ccc(Cl)c(C)c3)c2N)cc1OC. The molecule has 0 saturated heterocycles. The number of ether oxygens (including phenoxy) is 3. The van der Waals surface area contributed by atoms with Crippen LogP contribution in [0.5, 0.6) is 23.1 Å². The van der Waals surface area contributed by atoms with Crippen molar-refractivity contribution >= 4 is 23.1 Å². The molecule has 152 valence electrons. The van der Waals surface area contributed by atoms with E-state index in [1.54, 1.807) is 26.4 Å². The summed E-state index contributed by atoms with van der Waals surface area (Å²) in [5.41, 5.74) is 8.53. The highest BCUT2D eigenvalue weighted by molar-refractivity contribution is 6.31. The molecule has 0 aliphatic heterocycles. The zero-order valence-electron chi connectivity index (χ0n) is 16.5. The molecule has 0 aliphatic carbocycles. The van der Waals surface area contributed by atoms with Crippen molar-refractivity contribution in [3.8, 4) is 23.1 Å². The fourth-order valence-electron chi connectivity index (χ4n) is 2.76. The molecule has 29 heavy (non-hydrogen) atoms. The summed E-state index contributed by atoms with van der Waals surface area (Å²) in [6.45, 7) is 2.52. The zero-order valence-corrected chi connectivity index (χ0v) is 17.3. The lowest BCUT2D eigenvalue weighted by atomic mass is 10.1. The summed E-state index contributed by atoms with van der Waals surface area (Å²) in [5, 5.41) is 3.90. The number of nitrogens with zero attached hydrogens (tertiary/aromatic N) is 2. The number of aryl methyl sites for hydroxylation is 1. The maximum absolute atomic E-state index is 6.19. The van der Waals surface area contributed by atoms with Crippen LogP contribution >= 0.6 is 11.6 Å². The predicted octanol–water partition coefficient (Wildman–Crippen LogP) is 4.48. The van der Waals surface area contributed by atoms with E-state index in [2.05, 4.69) is 15.3 Å². The van der Waals surface area contributed by atoms with Crippen molar-refractivity contribution in [2.75, 3.05) is 31.8 Å². The Bertz CT molecular complexity index is 998. The van der Waals surface area contributed by atoms with Crippen LogP contribution in [0.3, 0.4) is 0 Å². The normalized spacial score (nSPS) is 10.5. The minimum atomic E-state index is 0.287. The van der Waals surface area contributed by atoms with Gasteiger partial charge in [-0.25, -0.2) is 4.98 Å². The van der Waals surface area contributed by atoms with E-state index in [1.807, 2.05) is 31.2 Å². The third-order valence-electron chi connectivity index (χ3n) is 4.35. The maximum atomic E-state index is 6.19. The second-order valence-corrected chi connectivity index (χ2v) is 6.73. The van der Waals surface area contributed by atoms with Crippen LogP contribution < -0.4 is 25.3 Å². The molecule has 0 unspecified atom stereocenters. The monoisotopic (exact) mass is 414 g/mol. The molecule has 0 saturated carbocycles. The number of nitrogens with two attached hydrogens (primary N) is 1. The summed E-state index contributed by atoms with van der Waals surface area (Å²) in [6.07, 6.45) is 2.16. The molecular weight excluding hydrogens is 392 g/mol. The van der Waals surface area contributed by atoms with Gasteiger partial charge >= 0.3 is 0 Å². The minimum absolute atomic E-state index is 0.287. The van der Waals surface area contributed by atoms with Crippen molar-refractivity contribution in [1.29, 1.82) is 0 Å². The number of aromatic nitrogens is 2. The molecule has 0 aliphatic rings. The molecule has 0 bridgehead atoms. The Labute approximate surface area is 174 Å². The molecular formula is C21H23ClN4O3. The van der Waals surface area contributed by atoms with E-state index < -0.39 is 0 Å². The van der Waals surface area contributed by atoms with E-state index in [0.717, 1.165) is 17.5 Å². The van der Waals surface area contributed by atoms with E-state index in [4.69, 9.17) is 31.5 Å². The maximum Gasteiger partial charge on any atom is 0.248 e. The lowest BCUT2D eigenvalue weighted by molar-refractivity contribution is 0.354. The van der Waals surface area contributed by atoms with Gasteiger partial charge in [0, 0.05) is 11.6 Å². The Balaban J connectivity index is 1.66. The topological polar surface area (TPSA) is 91.5 Å². The van der Waals surface area contributed by atoms with Crippen molar-refractivity contribution in [2.45, 2.75) is 13.3 Å². The van der Waals surface area contributed by atoms with Crippen LogP contribution in [0.25, 0.3) is 0 Å². The Kier molecular flexibility index (Phi) is 6.61. The van der Waals surface area contributed by atoms with Crippen LogP contribution in [0.2, 0.25) is 5.02 Å². The molecule has 1 heterocycles. The first-order valence-electron chi connectivity index (χ1n) is 9.01. The number of halogens is 1. The van der Waals surface area contributed by atoms with Crippen LogP contribution in [-0.4, -0.2) is 30.7 Å². The molecule has 0 fully saturated rings. The molecule has 3 N–H and O–H groups in total. The van der Waals surface area contributed by atoms with Crippen LogP contribution in [0.15, 0.2) is 42.7 Å². The van der Waals surface area contributed by atoms with Gasteiger partial charge in [-0.15, -0.1) is 0 Å². The average molecular weight is 415 g/mol. The average Bonchev–Trinajstić information content (AvgIpc) is 2.73. The van der Waals surface area contributed by atoms with Crippen molar-refractivity contribution in [2.24, 2.45) is 0 Å². The van der Waals surface area contributed by atoms with Gasteiger partial charge in [0.25, 0.3) is 0 Å². The molecule has 3 rings (SSSR count). The van der Waals surface area contributed by atoms with Gasteiger partial charge in [-0.1, -0.05) is 17.7 Å². The molecule has 0 radical (unpaired) electrons. The van der Waals surface area contributed by atoms with Gasteiger partial charge in [0.15, 0.2) is 17.3 Å². The molecule has 0 amide bonds. The fraction of sp³-hybridized carbons (Fsp3) is 0.238. The van der Waals surface area contributed by atoms with Crippen molar-refractivity contribution < 1.29 is 14.2 Å². The first-order valence-corrected chi connectivity index (χ1v) is 9.39. The Hall–Kier alpha value is -3.19. The number of hydrogen-bond acceptors (Lipinski definition) is 7. The minimum Gasteiger partial charge on any atom is -0.493 e. The third kappa shape index (κ3) is 5.00. The largest absolute Gasteiger partial charge is 0.493 e. The Morgan fingerprint density at radius 3 is 2.55 bits per heavy atom. The van der Waals surface area contributed by atoms with Gasteiger partial charge < -0.3 is 25.3 Å². The lowest BCUT2D eigenvalue weighted by Gasteiger charge is -2.13. The van der Waals surface area contributed by atoms with Crippen LogP contribution in [-0.2, 0) is 6.42 Å². The Morgan fingerprint density at radius 1 is 1.03 bits per heavy atom. The summed E-state index contributed by atoms with van der Waals surface area (Å²) >= 11 is 6.05. The standard InChI is InChI=1S/C21H23ClN4O3/c1-13-10-15(5-6-16(13)22)29-21-19(23)20(25-12-26-21)24-9-8-14-4-7-17(27-2)18(11-14)28-3/h4-7,10-12H,8-9,23H2,1-3H3,(H,24,25,26). The molecule has 8 heteroatoms. The van der Waals surface area contributed by atoms with E-state index in [0.29, 0.717) is 40.3 Å². The quantitative estimate of drug-likeness (QED) is 0.561. The number of anilines is 2. The van der Waals surface area contributed by atoms with Gasteiger partial charge in [0.2, 0.25) is 5.88 Å². The summed E-state index contributed by atoms with van der Waals surface area (Å²) < 4.78 is 16.4. The van der Waals surface area contributed by atoms with E-state index in [1.165, 1.54) is 6.33 Å². The number of hydrogen-bond donors (Lipinski definition) is 2. The highest BCUT2D eigenvalue weighted by Crippen LogP contribution is 2.31. The Morgan fingerprint density at radius 2 is 1.83 bits per heavy atom. The molecule has 3 aromatic rings. The van der Waals surface area contributed by atoms with E-state index in [-0.39, 0.29) is 5.88 Å². The number of methoxy groups -OCH3 is 2. The predicted molar refractivity (Wildman–Crippen MR) is 114 cm³/mol. The van der Waals surface area contributed by atoms with Gasteiger partial charge in [-0.2, -0.15) is 4.98 Å². The van der Waals surface area contributed by atoms with Gasteiger partial charge in [-0.05, 0) is 54.8 Å². The first-order chi connectivity index (χ1) is 14.0. The first kappa shape index (κ1) is 20.5. The van der Waals surface area contributed by atoms with Crippen LogP contribution in [0.1, 0.15) is 11.1 Å². The van der Waals surface area contributed by atoms with Gasteiger partial charge in [0.05, 0.1) is 14.2 Å². The van der Waals surface area contributed by atoms with E-state index >= 15 is 0 Å². The second kappa shape index (κ2) is 9.34. The molecule has 0 spiro atoms. The fourth-order valence-corrected chi connectivity index (χ4v) is 2.87. The number of rotatable bonds is 8. The van der Waals surface area contributed by atoms with Crippen LogP contribution in [0.4, 0.5) is 11.5 Å². The molecule has 1 aromatic heterocycles. The summed E-state index contributed by atoms with van der Waals surface area (Å²) in [7, 11) is 3.23. The van der Waals surface area contributed by atoms with Crippen LogP contribution in [0, 0.1) is 6.92 Å². The van der Waals surface area contributed by atoms with E-state index in [9.17, 15) is 0 Å². The highest BCUT2D eigenvalue weighted by atomic mass is 35.5. The van der Waals surface area contributed by atoms with Crippen molar-refractivity contribution in [3.63, 3.8) is 0 Å². The highest BCUT2D eigenvalue weighted by Gasteiger charge is 2.11. The number of nitrogens with one attached hydrogen (secondary N) is 1. The molecule has 0 atom stereocenters. The van der Waals surface area contributed by atoms with Crippen molar-refractivity contribution in [1.82, 2.24) is 9.97 Å². The van der Waals surface area contributed by atoms with Crippen molar-refractivity contribution in [3.05, 3.63) is 58.9 Å². The number of nitrogen functional groups attached to an aromatic ring is 1. The number of benzene rings is 2. The third-order valence-corrected chi connectivity index (χ3v) is 4.77. The summed E-state index contributed by atoms with van der Waals surface area (Å²) in [5.74, 6) is 2.80. The van der Waals surface area contributed by atoms with Gasteiger partial charge in [0.1, 0.15) is 17.8 Å². The second-order valence-electron chi connectivity index (χ2n) is 6.32. The van der Waals surface area contributed by atoms with Gasteiger partial charge in [-0.3, -0.25) is 0 Å². The lowest BCUT2D eigenvalue weighted by Crippen LogP contribution is -2.10.